The van der Waals surface area contributed by atoms with Crippen LogP contribution in [0.15, 0.2) is 36.5 Å². The van der Waals surface area contributed by atoms with Crippen LogP contribution in [-0.2, 0) is 19.1 Å². The maximum absolute atomic E-state index is 10.5. The standard InChI is InChI=1S/C6H5NO2.C6H8O4/c1-5(6(8)9)3-2-4-7;1-3-10-6(9)4(2)5(7)8/h2-3H,1H2,(H,8,9);2-3H2,1H3,(H,7,8). The van der Waals surface area contributed by atoms with Gasteiger partial charge in [0.2, 0.25) is 0 Å². The van der Waals surface area contributed by atoms with Gasteiger partial charge < -0.3 is 14.9 Å². The van der Waals surface area contributed by atoms with Crippen LogP contribution in [0.4, 0.5) is 0 Å². The zero-order chi connectivity index (χ0) is 15.4. The van der Waals surface area contributed by atoms with Crippen LogP contribution in [-0.4, -0.2) is 34.7 Å². The van der Waals surface area contributed by atoms with Gasteiger partial charge in [-0.15, -0.1) is 0 Å². The molecular weight excluding hydrogens is 254 g/mol. The van der Waals surface area contributed by atoms with Gasteiger partial charge in [-0.2, -0.15) is 5.26 Å². The molecule has 0 aromatic rings. The predicted molar refractivity (Wildman–Crippen MR) is 64.9 cm³/mol. The lowest BCUT2D eigenvalue weighted by Gasteiger charge is -1.98. The van der Waals surface area contributed by atoms with E-state index in [4.69, 9.17) is 15.5 Å². The summed E-state index contributed by atoms with van der Waals surface area (Å²) >= 11 is 0. The summed E-state index contributed by atoms with van der Waals surface area (Å²) in [5.74, 6) is -3.34. The summed E-state index contributed by atoms with van der Waals surface area (Å²) in [5.41, 5.74) is -0.626. The number of carbonyl (C=O) groups is 3. The van der Waals surface area contributed by atoms with Crippen molar-refractivity contribution < 1.29 is 29.3 Å². The van der Waals surface area contributed by atoms with E-state index in [9.17, 15) is 14.4 Å². The number of carboxylic acids is 2. The third-order valence-corrected chi connectivity index (χ3v) is 1.41. The van der Waals surface area contributed by atoms with Crippen molar-refractivity contribution in [3.63, 3.8) is 0 Å². The molecule has 0 aromatic heterocycles. The second-order valence-corrected chi connectivity index (χ2v) is 2.80. The Balaban J connectivity index is 0. The molecule has 0 saturated carbocycles. The number of nitrogens with zero attached hydrogens (tertiary/aromatic N) is 1. The first-order valence-corrected chi connectivity index (χ1v) is 4.85. The van der Waals surface area contributed by atoms with Crippen molar-refractivity contribution in [3.05, 3.63) is 36.5 Å². The van der Waals surface area contributed by atoms with Crippen molar-refractivity contribution in [2.24, 2.45) is 0 Å². The summed E-state index contributed by atoms with van der Waals surface area (Å²) in [6.07, 6.45) is 2.21. The minimum absolute atomic E-state index is 0.0865. The lowest BCUT2D eigenvalue weighted by Crippen LogP contribution is -2.13. The number of hydrogen-bond donors (Lipinski definition) is 2. The van der Waals surface area contributed by atoms with E-state index in [-0.39, 0.29) is 12.2 Å². The number of hydrogen-bond acceptors (Lipinski definition) is 5. The first-order chi connectivity index (χ1) is 8.77. The van der Waals surface area contributed by atoms with Crippen molar-refractivity contribution in [2.45, 2.75) is 6.92 Å². The van der Waals surface area contributed by atoms with E-state index in [1.54, 1.807) is 13.0 Å². The Kier molecular flexibility index (Phi) is 10.0. The van der Waals surface area contributed by atoms with Gasteiger partial charge in [-0.25, -0.2) is 14.4 Å². The topological polar surface area (TPSA) is 125 Å². The maximum atomic E-state index is 10.5. The number of esters is 1. The maximum Gasteiger partial charge on any atom is 0.344 e. The first kappa shape index (κ1) is 18.5. The molecule has 0 unspecified atom stereocenters. The number of rotatable bonds is 5. The van der Waals surface area contributed by atoms with Crippen LogP contribution in [0.3, 0.4) is 0 Å². The van der Waals surface area contributed by atoms with E-state index in [1.165, 1.54) is 0 Å². The molecule has 2 N–H and O–H groups in total. The van der Waals surface area contributed by atoms with Gasteiger partial charge in [-0.3, -0.25) is 0 Å². The minimum atomic E-state index is -1.35. The summed E-state index contributed by atoms with van der Waals surface area (Å²) in [5, 5.41) is 24.3. The minimum Gasteiger partial charge on any atom is -0.478 e. The largest absolute Gasteiger partial charge is 0.478 e. The number of allylic oxidation sites excluding steroid dienone is 1. The second kappa shape index (κ2) is 10.3. The van der Waals surface area contributed by atoms with Crippen LogP contribution in [0.5, 0.6) is 0 Å². The van der Waals surface area contributed by atoms with E-state index in [0.717, 1.165) is 12.2 Å². The zero-order valence-electron chi connectivity index (χ0n) is 10.3. The molecule has 0 aromatic carbocycles. The molecule has 0 rings (SSSR count). The summed E-state index contributed by atoms with van der Waals surface area (Å²) < 4.78 is 4.35. The molecule has 0 saturated heterocycles. The Morgan fingerprint density at radius 2 is 1.79 bits per heavy atom. The highest BCUT2D eigenvalue weighted by Crippen LogP contribution is 1.93. The predicted octanol–water partition coefficient (Wildman–Crippen LogP) is 0.897. The van der Waals surface area contributed by atoms with Gasteiger partial charge in [0.1, 0.15) is 5.57 Å². The number of nitriles is 1. The average molecular weight is 267 g/mol. The molecular formula is C12H13NO6. The molecule has 0 atom stereocenters. The normalized spacial score (nSPS) is 8.63. The Bertz CT molecular complexity index is 455. The molecule has 0 aliphatic carbocycles. The van der Waals surface area contributed by atoms with Gasteiger partial charge in [-0.05, 0) is 13.0 Å². The van der Waals surface area contributed by atoms with Crippen LogP contribution in [0.2, 0.25) is 0 Å². The van der Waals surface area contributed by atoms with E-state index in [1.807, 2.05) is 0 Å². The van der Waals surface area contributed by atoms with Crippen molar-refractivity contribution in [1.82, 2.24) is 0 Å². The molecule has 102 valence electrons. The van der Waals surface area contributed by atoms with Crippen molar-refractivity contribution in [3.8, 4) is 6.07 Å². The molecule has 0 bridgehead atoms. The molecule has 0 radical (unpaired) electrons. The number of carbonyl (C=O) groups excluding carboxylic acids is 1. The van der Waals surface area contributed by atoms with Gasteiger partial charge in [0, 0.05) is 6.08 Å². The Hall–Kier alpha value is -2.88. The fourth-order valence-corrected chi connectivity index (χ4v) is 0.515. The smallest absolute Gasteiger partial charge is 0.344 e. The monoisotopic (exact) mass is 267 g/mol. The summed E-state index contributed by atoms with van der Waals surface area (Å²) in [4.78, 5) is 30.4. The van der Waals surface area contributed by atoms with Crippen molar-refractivity contribution >= 4 is 17.9 Å². The van der Waals surface area contributed by atoms with Gasteiger partial charge in [0.15, 0.2) is 0 Å². The van der Waals surface area contributed by atoms with Crippen LogP contribution in [0, 0.1) is 11.3 Å². The molecule has 0 aliphatic rings. The van der Waals surface area contributed by atoms with Crippen LogP contribution >= 0.6 is 0 Å². The Labute approximate surface area is 109 Å². The first-order valence-electron chi connectivity index (χ1n) is 4.85. The molecule has 7 nitrogen and oxygen atoms in total. The van der Waals surface area contributed by atoms with E-state index in [2.05, 4.69) is 17.9 Å². The molecule has 0 fully saturated rings. The second-order valence-electron chi connectivity index (χ2n) is 2.80. The van der Waals surface area contributed by atoms with Gasteiger partial charge in [-0.1, -0.05) is 13.2 Å². The molecule has 0 spiro atoms. The highest BCUT2D eigenvalue weighted by molar-refractivity contribution is 6.12. The SMILES string of the molecule is C=C(C(=O)O)C(=O)OCC.C=C(C=CC#N)C(=O)O. The van der Waals surface area contributed by atoms with Gasteiger partial charge >= 0.3 is 17.9 Å². The highest BCUT2D eigenvalue weighted by atomic mass is 16.5. The number of aliphatic carboxylic acids is 2. The fraction of sp³-hybridized carbons (Fsp3) is 0.167. The summed E-state index contributed by atoms with van der Waals surface area (Å²) in [6.45, 7) is 7.90. The lowest BCUT2D eigenvalue weighted by molar-refractivity contribution is -0.143. The highest BCUT2D eigenvalue weighted by Gasteiger charge is 2.14. The quantitative estimate of drug-likeness (QED) is 0.189. The molecule has 0 heterocycles. The summed E-state index contributed by atoms with van der Waals surface area (Å²) in [7, 11) is 0. The number of ether oxygens (including phenoxy) is 1. The fourth-order valence-electron chi connectivity index (χ4n) is 0.515. The van der Waals surface area contributed by atoms with Crippen molar-refractivity contribution in [1.29, 1.82) is 5.26 Å². The number of carboxylic acid groups (broad SMARTS) is 2. The van der Waals surface area contributed by atoms with Crippen LogP contribution < -0.4 is 0 Å². The molecule has 0 amide bonds. The van der Waals surface area contributed by atoms with Gasteiger partial charge in [0.25, 0.3) is 0 Å². The lowest BCUT2D eigenvalue weighted by atomic mass is 10.3. The third kappa shape index (κ3) is 10.0. The third-order valence-electron chi connectivity index (χ3n) is 1.41. The van der Waals surface area contributed by atoms with Crippen LogP contribution in [0.1, 0.15) is 6.92 Å². The van der Waals surface area contributed by atoms with Gasteiger partial charge in [0.05, 0.1) is 18.2 Å². The van der Waals surface area contributed by atoms with E-state index in [0.29, 0.717) is 0 Å². The Morgan fingerprint density at radius 1 is 1.26 bits per heavy atom. The molecule has 7 heteroatoms. The Morgan fingerprint density at radius 3 is 2.11 bits per heavy atom. The van der Waals surface area contributed by atoms with E-state index >= 15 is 0 Å². The molecule has 0 aliphatic heterocycles. The van der Waals surface area contributed by atoms with Crippen molar-refractivity contribution in [2.75, 3.05) is 6.61 Å². The average Bonchev–Trinajstić information content (AvgIpc) is 2.35. The van der Waals surface area contributed by atoms with E-state index < -0.39 is 23.5 Å². The molecule has 19 heavy (non-hydrogen) atoms. The van der Waals surface area contributed by atoms with Crippen LogP contribution in [0.25, 0.3) is 0 Å². The zero-order valence-corrected chi connectivity index (χ0v) is 10.3. The summed E-state index contributed by atoms with van der Waals surface area (Å²) in [6, 6.07) is 1.65.